The lowest BCUT2D eigenvalue weighted by atomic mass is 10.2. The average Bonchev–Trinajstić information content (AvgIpc) is 3.40. The molecule has 0 radical (unpaired) electrons. The molecule has 0 fully saturated rings. The van der Waals surface area contributed by atoms with Gasteiger partial charge in [-0.25, -0.2) is 12.8 Å². The van der Waals surface area contributed by atoms with Gasteiger partial charge >= 0.3 is 0 Å². The van der Waals surface area contributed by atoms with Gasteiger partial charge in [0.25, 0.3) is 10.0 Å². The summed E-state index contributed by atoms with van der Waals surface area (Å²) in [5, 5.41) is 4.34. The van der Waals surface area contributed by atoms with Crippen molar-refractivity contribution in [2.45, 2.75) is 10.8 Å². The summed E-state index contributed by atoms with van der Waals surface area (Å²) in [4.78, 5) is 12.8. The van der Waals surface area contributed by atoms with Crippen LogP contribution in [0.4, 0.5) is 15.8 Å². The number of carbonyl (C=O) groups excluding carboxylic acids is 1. The zero-order valence-electron chi connectivity index (χ0n) is 17.9. The maximum absolute atomic E-state index is 13.4. The molecule has 0 aliphatic rings. The van der Waals surface area contributed by atoms with Crippen molar-refractivity contribution >= 4 is 38.6 Å². The molecule has 1 N–H and O–H groups in total. The zero-order chi connectivity index (χ0) is 24.0. The van der Waals surface area contributed by atoms with Crippen LogP contribution in [0.3, 0.4) is 0 Å². The second kappa shape index (κ2) is 10.5. The van der Waals surface area contributed by atoms with Gasteiger partial charge in [-0.15, -0.1) is 11.3 Å². The molecule has 34 heavy (non-hydrogen) atoms. The molecular weight excluding hydrogens is 475 g/mol. The number of nitrogens with zero attached hydrogens (tertiary/aromatic N) is 1. The number of nitrogens with one attached hydrogen (secondary N) is 1. The predicted octanol–water partition coefficient (Wildman–Crippen LogP) is 5.30. The second-order valence-corrected chi connectivity index (χ2v) is 10.3. The third-order valence-corrected chi connectivity index (χ3v) is 7.97. The molecule has 4 rings (SSSR count). The van der Waals surface area contributed by atoms with Gasteiger partial charge in [-0.2, -0.15) is 0 Å². The van der Waals surface area contributed by atoms with E-state index in [1.165, 1.54) is 18.2 Å². The summed E-state index contributed by atoms with van der Waals surface area (Å²) in [5.74, 6) is -0.409. The van der Waals surface area contributed by atoms with Gasteiger partial charge < -0.3 is 10.1 Å². The number of ether oxygens (including phenoxy) is 1. The largest absolute Gasteiger partial charge is 0.489 e. The molecule has 0 aliphatic heterocycles. The van der Waals surface area contributed by atoms with Crippen LogP contribution in [0.1, 0.15) is 5.56 Å². The molecule has 1 heterocycles. The van der Waals surface area contributed by atoms with Crippen molar-refractivity contribution < 1.29 is 22.3 Å². The smallest absolute Gasteiger partial charge is 0.274 e. The molecule has 0 bridgehead atoms. The number of hydrogen-bond donors (Lipinski definition) is 1. The van der Waals surface area contributed by atoms with Gasteiger partial charge in [0.2, 0.25) is 5.91 Å². The Balaban J connectivity index is 1.45. The minimum absolute atomic E-state index is 0.0875. The Morgan fingerprint density at radius 1 is 0.912 bits per heavy atom. The average molecular weight is 497 g/mol. The summed E-state index contributed by atoms with van der Waals surface area (Å²) in [6.07, 6.45) is 0. The molecule has 1 amide bonds. The molecular formula is C25H21FN2O4S2. The van der Waals surface area contributed by atoms with Crippen LogP contribution in [0.25, 0.3) is 0 Å². The number of rotatable bonds is 9. The van der Waals surface area contributed by atoms with Crippen molar-refractivity contribution in [1.82, 2.24) is 0 Å². The Kier molecular flexibility index (Phi) is 7.24. The number of sulfonamides is 1. The summed E-state index contributed by atoms with van der Waals surface area (Å²) in [6, 6.07) is 24.6. The number of benzene rings is 3. The first-order valence-electron chi connectivity index (χ1n) is 10.3. The molecule has 6 nitrogen and oxygen atoms in total. The Bertz CT molecular complexity index is 1330. The fourth-order valence-corrected chi connectivity index (χ4v) is 5.67. The normalized spacial score (nSPS) is 11.1. The van der Waals surface area contributed by atoms with Gasteiger partial charge in [0, 0.05) is 5.69 Å². The molecule has 0 spiro atoms. The van der Waals surface area contributed by atoms with Crippen molar-refractivity contribution in [2.24, 2.45) is 0 Å². The Morgan fingerprint density at radius 3 is 2.26 bits per heavy atom. The molecule has 1 aromatic heterocycles. The second-order valence-electron chi connectivity index (χ2n) is 7.27. The van der Waals surface area contributed by atoms with Crippen molar-refractivity contribution in [3.63, 3.8) is 0 Å². The molecule has 0 aliphatic carbocycles. The minimum Gasteiger partial charge on any atom is -0.489 e. The highest BCUT2D eigenvalue weighted by Crippen LogP contribution is 2.27. The van der Waals surface area contributed by atoms with E-state index in [4.69, 9.17) is 4.74 Å². The highest BCUT2D eigenvalue weighted by molar-refractivity contribution is 7.94. The summed E-state index contributed by atoms with van der Waals surface area (Å²) >= 11 is 1.04. The van der Waals surface area contributed by atoms with E-state index < -0.39 is 28.3 Å². The quantitative estimate of drug-likeness (QED) is 0.341. The van der Waals surface area contributed by atoms with Crippen LogP contribution in [0.5, 0.6) is 5.75 Å². The number of carbonyl (C=O) groups is 1. The molecule has 174 valence electrons. The van der Waals surface area contributed by atoms with E-state index in [2.05, 4.69) is 5.32 Å². The monoisotopic (exact) mass is 496 g/mol. The van der Waals surface area contributed by atoms with E-state index in [0.717, 1.165) is 33.3 Å². The maximum atomic E-state index is 13.4. The van der Waals surface area contributed by atoms with Gasteiger partial charge in [-0.05, 0) is 65.5 Å². The fourth-order valence-electron chi connectivity index (χ4n) is 3.15. The lowest BCUT2D eigenvalue weighted by Crippen LogP contribution is -2.37. The number of thiophene rings is 1. The highest BCUT2D eigenvalue weighted by Gasteiger charge is 2.28. The maximum Gasteiger partial charge on any atom is 0.274 e. The van der Waals surface area contributed by atoms with E-state index >= 15 is 0 Å². The summed E-state index contributed by atoms with van der Waals surface area (Å²) in [5.41, 5.74) is 1.71. The SMILES string of the molecule is O=C(CN(c1ccc(F)cc1)S(=O)(=O)c1cccs1)Nc1ccc(OCc2ccccc2)cc1. The number of anilines is 2. The lowest BCUT2D eigenvalue weighted by molar-refractivity contribution is -0.114. The van der Waals surface area contributed by atoms with Crippen LogP contribution in [0, 0.1) is 5.82 Å². The summed E-state index contributed by atoms with van der Waals surface area (Å²) < 4.78 is 46.5. The Hall–Kier alpha value is -3.69. The Labute approximate surface area is 201 Å². The van der Waals surface area contributed by atoms with Crippen LogP contribution < -0.4 is 14.4 Å². The summed E-state index contributed by atoms with van der Waals surface area (Å²) in [7, 11) is -4.00. The lowest BCUT2D eigenvalue weighted by Gasteiger charge is -2.23. The van der Waals surface area contributed by atoms with Crippen molar-refractivity contribution in [3.05, 3.63) is 108 Å². The molecule has 0 saturated heterocycles. The van der Waals surface area contributed by atoms with E-state index in [9.17, 15) is 17.6 Å². The van der Waals surface area contributed by atoms with Crippen molar-refractivity contribution in [1.29, 1.82) is 0 Å². The third-order valence-electron chi connectivity index (χ3n) is 4.83. The van der Waals surface area contributed by atoms with Gasteiger partial charge in [0.15, 0.2) is 0 Å². The molecule has 0 atom stereocenters. The zero-order valence-corrected chi connectivity index (χ0v) is 19.6. The first-order valence-corrected chi connectivity index (χ1v) is 12.6. The first-order chi connectivity index (χ1) is 16.4. The van der Waals surface area contributed by atoms with Crippen LogP contribution in [-0.2, 0) is 21.4 Å². The van der Waals surface area contributed by atoms with Crippen molar-refractivity contribution in [3.8, 4) is 5.75 Å². The molecule has 0 saturated carbocycles. The number of halogens is 1. The van der Waals surface area contributed by atoms with Crippen LogP contribution >= 0.6 is 11.3 Å². The topological polar surface area (TPSA) is 75.7 Å². The number of hydrogen-bond acceptors (Lipinski definition) is 5. The standard InChI is InChI=1S/C25H21FN2O4S2/c26-20-8-12-22(13-9-20)28(34(30,31)25-7-4-16-33-25)17-24(29)27-21-10-14-23(15-11-21)32-18-19-5-2-1-3-6-19/h1-16H,17-18H2,(H,27,29). The van der Waals surface area contributed by atoms with Gasteiger partial charge in [-0.1, -0.05) is 36.4 Å². The first kappa shape index (κ1) is 23.5. The molecule has 4 aromatic rings. The van der Waals surface area contributed by atoms with E-state index in [-0.39, 0.29) is 9.90 Å². The Morgan fingerprint density at radius 2 is 1.62 bits per heavy atom. The predicted molar refractivity (Wildman–Crippen MR) is 131 cm³/mol. The van der Waals surface area contributed by atoms with Crippen molar-refractivity contribution in [2.75, 3.05) is 16.2 Å². The minimum atomic E-state index is -4.00. The van der Waals surface area contributed by atoms with E-state index in [1.54, 1.807) is 35.7 Å². The number of amides is 1. The molecule has 9 heteroatoms. The van der Waals surface area contributed by atoms with Crippen LogP contribution in [0.2, 0.25) is 0 Å². The van der Waals surface area contributed by atoms with E-state index in [0.29, 0.717) is 18.0 Å². The van der Waals surface area contributed by atoms with Gasteiger partial charge in [-0.3, -0.25) is 9.10 Å². The summed E-state index contributed by atoms with van der Waals surface area (Å²) in [6.45, 7) is -0.0577. The third kappa shape index (κ3) is 5.81. The van der Waals surface area contributed by atoms with Gasteiger partial charge in [0.05, 0.1) is 5.69 Å². The molecule has 0 unspecified atom stereocenters. The van der Waals surface area contributed by atoms with Gasteiger partial charge in [0.1, 0.15) is 28.9 Å². The fraction of sp³-hybridized carbons (Fsp3) is 0.0800. The highest BCUT2D eigenvalue weighted by atomic mass is 32.2. The van der Waals surface area contributed by atoms with E-state index in [1.807, 2.05) is 30.3 Å². The molecule has 3 aromatic carbocycles. The van der Waals surface area contributed by atoms with Crippen LogP contribution in [-0.4, -0.2) is 20.9 Å². The van der Waals surface area contributed by atoms with Crippen LogP contribution in [0.15, 0.2) is 101 Å².